The van der Waals surface area contributed by atoms with Crippen LogP contribution >= 0.6 is 0 Å². The van der Waals surface area contributed by atoms with Crippen LogP contribution < -0.4 is 10.6 Å². The van der Waals surface area contributed by atoms with Crippen LogP contribution in [0.2, 0.25) is 0 Å². The molecule has 0 atom stereocenters. The molecule has 0 radical (unpaired) electrons. The van der Waals surface area contributed by atoms with E-state index in [-0.39, 0.29) is 0 Å². The zero-order valence-electron chi connectivity index (χ0n) is 18.4. The molecule has 0 bridgehead atoms. The van der Waals surface area contributed by atoms with Crippen molar-refractivity contribution < 1.29 is 0 Å². The smallest absolute Gasteiger partial charge is 0.191 e. The molecule has 2 fully saturated rings. The molecule has 0 saturated carbocycles. The summed E-state index contributed by atoms with van der Waals surface area (Å²) in [5, 5.41) is 7.14. The summed E-state index contributed by atoms with van der Waals surface area (Å²) < 4.78 is 0. The number of hydrogen-bond acceptors (Lipinski definition) is 4. The van der Waals surface area contributed by atoms with Crippen LogP contribution in [0.25, 0.3) is 0 Å². The van der Waals surface area contributed by atoms with Crippen molar-refractivity contribution in [2.45, 2.75) is 38.3 Å². The Labute approximate surface area is 177 Å². The van der Waals surface area contributed by atoms with Crippen LogP contribution in [-0.2, 0) is 6.54 Å². The van der Waals surface area contributed by atoms with Gasteiger partial charge in [-0.1, -0.05) is 30.3 Å². The van der Waals surface area contributed by atoms with Crippen LogP contribution in [0.5, 0.6) is 0 Å². The van der Waals surface area contributed by atoms with E-state index in [2.05, 4.69) is 67.7 Å². The average molecular weight is 401 g/mol. The molecule has 2 aliphatic heterocycles. The molecule has 29 heavy (non-hydrogen) atoms. The van der Waals surface area contributed by atoms with Gasteiger partial charge in [0.2, 0.25) is 0 Å². The number of piperidine rings is 1. The Bertz CT molecular complexity index is 589. The minimum absolute atomic E-state index is 0.526. The fraction of sp³-hybridized carbons (Fsp3) is 0.696. The summed E-state index contributed by atoms with van der Waals surface area (Å²) in [7, 11) is 4.09. The number of likely N-dealkylation sites (tertiary alicyclic amines) is 1. The van der Waals surface area contributed by atoms with Crippen LogP contribution in [0.1, 0.15) is 31.2 Å². The number of guanidine groups is 1. The first-order valence-electron chi connectivity index (χ1n) is 11.4. The normalized spacial score (nSPS) is 20.7. The average Bonchev–Trinajstić information content (AvgIpc) is 2.76. The Morgan fingerprint density at radius 3 is 2.38 bits per heavy atom. The van der Waals surface area contributed by atoms with E-state index in [0.29, 0.717) is 6.04 Å². The molecule has 6 heteroatoms. The monoisotopic (exact) mass is 400 g/mol. The van der Waals surface area contributed by atoms with Crippen LogP contribution in [-0.4, -0.2) is 93.2 Å². The van der Waals surface area contributed by atoms with Gasteiger partial charge in [-0.15, -0.1) is 0 Å². The van der Waals surface area contributed by atoms with E-state index in [1.165, 1.54) is 64.0 Å². The van der Waals surface area contributed by atoms with Crippen LogP contribution in [0.4, 0.5) is 0 Å². The van der Waals surface area contributed by atoms with Crippen molar-refractivity contribution in [3.63, 3.8) is 0 Å². The lowest BCUT2D eigenvalue weighted by Gasteiger charge is -2.33. The topological polar surface area (TPSA) is 46.1 Å². The van der Waals surface area contributed by atoms with Crippen LogP contribution in [0, 0.1) is 0 Å². The molecule has 0 amide bonds. The van der Waals surface area contributed by atoms with Crippen molar-refractivity contribution in [3.05, 3.63) is 35.9 Å². The van der Waals surface area contributed by atoms with Gasteiger partial charge in [0, 0.05) is 65.4 Å². The van der Waals surface area contributed by atoms with Crippen molar-refractivity contribution in [3.8, 4) is 0 Å². The van der Waals surface area contributed by atoms with Gasteiger partial charge in [-0.3, -0.25) is 9.89 Å². The van der Waals surface area contributed by atoms with Crippen molar-refractivity contribution in [2.24, 2.45) is 4.99 Å². The maximum atomic E-state index is 4.43. The van der Waals surface area contributed by atoms with Crippen molar-refractivity contribution in [2.75, 3.05) is 66.5 Å². The molecule has 6 nitrogen and oxygen atoms in total. The molecule has 0 spiro atoms. The molecule has 0 aliphatic carbocycles. The second-order valence-corrected chi connectivity index (χ2v) is 8.53. The second kappa shape index (κ2) is 12.2. The molecule has 2 heterocycles. The van der Waals surface area contributed by atoms with Gasteiger partial charge in [-0.05, 0) is 44.8 Å². The van der Waals surface area contributed by atoms with E-state index in [4.69, 9.17) is 0 Å². The number of likely N-dealkylation sites (N-methyl/N-ethyl adjacent to an activating group) is 1. The van der Waals surface area contributed by atoms with Crippen LogP contribution in [0.15, 0.2) is 35.3 Å². The van der Waals surface area contributed by atoms with Crippen molar-refractivity contribution in [1.29, 1.82) is 0 Å². The summed E-state index contributed by atoms with van der Waals surface area (Å²) in [5.41, 5.74) is 1.41. The van der Waals surface area contributed by atoms with Crippen LogP contribution in [0.3, 0.4) is 0 Å². The first kappa shape index (κ1) is 22.1. The van der Waals surface area contributed by atoms with Gasteiger partial charge in [-0.25, -0.2) is 0 Å². The summed E-state index contributed by atoms with van der Waals surface area (Å²) in [6.07, 6.45) is 4.81. The van der Waals surface area contributed by atoms with Gasteiger partial charge in [0.25, 0.3) is 0 Å². The van der Waals surface area contributed by atoms with Gasteiger partial charge in [0.05, 0.1) is 0 Å². The molecule has 0 unspecified atom stereocenters. The standard InChI is InChI=1S/C23H40N6/c1-24-23(25-12-6-7-13-28-18-16-27(2)17-19-28)26-22-10-14-29(15-11-22)20-21-8-4-3-5-9-21/h3-5,8-9,22H,6-7,10-20H2,1-2H3,(H2,24,25,26). The number of nitrogens with one attached hydrogen (secondary N) is 2. The fourth-order valence-electron chi connectivity index (χ4n) is 4.20. The lowest BCUT2D eigenvalue weighted by Crippen LogP contribution is -2.48. The van der Waals surface area contributed by atoms with Crippen molar-refractivity contribution in [1.82, 2.24) is 25.3 Å². The first-order chi connectivity index (χ1) is 14.2. The van der Waals surface area contributed by atoms with Gasteiger partial charge >= 0.3 is 0 Å². The molecule has 1 aromatic rings. The van der Waals surface area contributed by atoms with Gasteiger partial charge in [0.15, 0.2) is 5.96 Å². The molecule has 1 aromatic carbocycles. The zero-order valence-corrected chi connectivity index (χ0v) is 18.4. The third-order valence-electron chi connectivity index (χ3n) is 6.19. The molecule has 2 saturated heterocycles. The predicted octanol–water partition coefficient (Wildman–Crippen LogP) is 1.84. The quantitative estimate of drug-likeness (QED) is 0.396. The highest BCUT2D eigenvalue weighted by Gasteiger charge is 2.20. The number of piperazine rings is 1. The van der Waals surface area contributed by atoms with Gasteiger partial charge in [-0.2, -0.15) is 0 Å². The van der Waals surface area contributed by atoms with E-state index >= 15 is 0 Å². The third kappa shape index (κ3) is 7.96. The largest absolute Gasteiger partial charge is 0.356 e. The summed E-state index contributed by atoms with van der Waals surface area (Å²) >= 11 is 0. The summed E-state index contributed by atoms with van der Waals surface area (Å²) in [6.45, 7) is 10.4. The summed E-state index contributed by atoms with van der Waals surface area (Å²) in [6, 6.07) is 11.3. The van der Waals surface area contributed by atoms with Crippen molar-refractivity contribution >= 4 is 5.96 Å². The third-order valence-corrected chi connectivity index (χ3v) is 6.19. The molecular weight excluding hydrogens is 360 g/mol. The Morgan fingerprint density at radius 1 is 0.966 bits per heavy atom. The number of aliphatic imine (C=N–C) groups is 1. The van der Waals surface area contributed by atoms with E-state index in [1.54, 1.807) is 0 Å². The first-order valence-corrected chi connectivity index (χ1v) is 11.4. The summed E-state index contributed by atoms with van der Waals surface area (Å²) in [5.74, 6) is 0.964. The minimum atomic E-state index is 0.526. The maximum Gasteiger partial charge on any atom is 0.191 e. The molecule has 2 aliphatic rings. The maximum absolute atomic E-state index is 4.43. The predicted molar refractivity (Wildman–Crippen MR) is 122 cm³/mol. The molecule has 3 rings (SSSR count). The number of rotatable bonds is 8. The van der Waals surface area contributed by atoms with E-state index in [9.17, 15) is 0 Å². The zero-order chi connectivity index (χ0) is 20.3. The lowest BCUT2D eigenvalue weighted by atomic mass is 10.0. The highest BCUT2D eigenvalue weighted by molar-refractivity contribution is 5.79. The fourth-order valence-corrected chi connectivity index (χ4v) is 4.20. The van der Waals surface area contributed by atoms with E-state index < -0.39 is 0 Å². The Kier molecular flexibility index (Phi) is 9.25. The SMILES string of the molecule is CN=C(NCCCCN1CCN(C)CC1)NC1CCN(Cc2ccccc2)CC1. The van der Waals surface area contributed by atoms with E-state index in [1.807, 2.05) is 7.05 Å². The highest BCUT2D eigenvalue weighted by atomic mass is 15.2. The summed E-state index contributed by atoms with van der Waals surface area (Å²) in [4.78, 5) is 12.0. The van der Waals surface area contributed by atoms with E-state index in [0.717, 1.165) is 32.1 Å². The lowest BCUT2D eigenvalue weighted by molar-refractivity contribution is 0.152. The molecule has 162 valence electrons. The minimum Gasteiger partial charge on any atom is -0.356 e. The second-order valence-electron chi connectivity index (χ2n) is 8.53. The number of benzene rings is 1. The Morgan fingerprint density at radius 2 is 1.69 bits per heavy atom. The molecular formula is C23H40N6. The Balaban J connectivity index is 1.26. The number of nitrogens with zero attached hydrogens (tertiary/aromatic N) is 4. The molecule has 2 N–H and O–H groups in total. The van der Waals surface area contributed by atoms with Gasteiger partial charge in [0.1, 0.15) is 0 Å². The number of unbranched alkanes of at least 4 members (excludes halogenated alkanes) is 1. The van der Waals surface area contributed by atoms with Gasteiger partial charge < -0.3 is 20.4 Å². The number of hydrogen-bond donors (Lipinski definition) is 2. The molecule has 0 aromatic heterocycles. The Hall–Kier alpha value is -1.63. The highest BCUT2D eigenvalue weighted by Crippen LogP contribution is 2.13.